The second-order valence-corrected chi connectivity index (χ2v) is 11.4. The average Bonchev–Trinajstić information content (AvgIpc) is 2.80. The Morgan fingerprint density at radius 1 is 1.09 bits per heavy atom. The van der Waals surface area contributed by atoms with E-state index in [4.69, 9.17) is 0 Å². The van der Waals surface area contributed by atoms with Crippen LogP contribution in [0.4, 0.5) is 17.5 Å². The molecule has 0 amide bonds. The molecular formula is C22H26N6O4S2. The predicted molar refractivity (Wildman–Crippen MR) is 130 cm³/mol. The van der Waals surface area contributed by atoms with Crippen molar-refractivity contribution in [2.45, 2.75) is 29.6 Å². The highest BCUT2D eigenvalue weighted by Gasteiger charge is 2.17. The second kappa shape index (κ2) is 10.1. The zero-order chi connectivity index (χ0) is 24.2. The zero-order valence-electron chi connectivity index (χ0n) is 18.6. The van der Waals surface area contributed by atoms with Crippen LogP contribution in [-0.4, -0.2) is 46.4 Å². The van der Waals surface area contributed by atoms with Crippen molar-refractivity contribution in [3.05, 3.63) is 65.9 Å². The molecule has 3 aromatic rings. The number of aromatic nitrogens is 2. The Balaban J connectivity index is 1.52. The van der Waals surface area contributed by atoms with Crippen molar-refractivity contribution < 1.29 is 16.8 Å². The molecule has 34 heavy (non-hydrogen) atoms. The van der Waals surface area contributed by atoms with Crippen LogP contribution in [0.15, 0.2) is 64.5 Å². The standard InChI is InChI=1S/C22H26N6O4S2/c1-16-5-2-7-19(13-16)33(29,30)26-12-9-17-15-24-22-27-18-6-3-8-20(14-18)34(31,32)25-11-4-10-23-21(17)28-22/h2-3,5-8,13-15,25-26H,4,9-12H2,1H3,(H2,23,24,27,28). The summed E-state index contributed by atoms with van der Waals surface area (Å²) in [6, 6.07) is 13.1. The van der Waals surface area contributed by atoms with E-state index in [0.717, 1.165) is 11.1 Å². The molecule has 1 aliphatic heterocycles. The molecule has 4 bridgehead atoms. The quantitative estimate of drug-likeness (QED) is 0.416. The number of benzene rings is 2. The predicted octanol–water partition coefficient (Wildman–Crippen LogP) is 2.14. The molecule has 0 spiro atoms. The molecule has 180 valence electrons. The summed E-state index contributed by atoms with van der Waals surface area (Å²) in [6.45, 7) is 2.74. The van der Waals surface area contributed by atoms with Crippen molar-refractivity contribution in [2.24, 2.45) is 0 Å². The maximum Gasteiger partial charge on any atom is 0.240 e. The van der Waals surface area contributed by atoms with Gasteiger partial charge in [0.2, 0.25) is 26.0 Å². The van der Waals surface area contributed by atoms with Gasteiger partial charge in [-0.05, 0) is 55.7 Å². The molecule has 0 unspecified atom stereocenters. The summed E-state index contributed by atoms with van der Waals surface area (Å²) < 4.78 is 55.4. The van der Waals surface area contributed by atoms with Crippen LogP contribution >= 0.6 is 0 Å². The molecule has 4 N–H and O–H groups in total. The molecule has 0 radical (unpaired) electrons. The first-order valence-electron chi connectivity index (χ1n) is 10.8. The van der Waals surface area contributed by atoms with Gasteiger partial charge in [0, 0.05) is 37.1 Å². The molecule has 4 rings (SSSR count). The molecule has 0 atom stereocenters. The lowest BCUT2D eigenvalue weighted by Gasteiger charge is -2.13. The van der Waals surface area contributed by atoms with Crippen LogP contribution in [-0.2, 0) is 26.5 Å². The Kier molecular flexibility index (Phi) is 7.12. The topological polar surface area (TPSA) is 142 Å². The van der Waals surface area contributed by atoms with Gasteiger partial charge in [-0.1, -0.05) is 18.2 Å². The Hall–Kier alpha value is -3.06. The van der Waals surface area contributed by atoms with E-state index >= 15 is 0 Å². The van der Waals surface area contributed by atoms with Crippen molar-refractivity contribution in [3.63, 3.8) is 0 Å². The number of hydrogen-bond acceptors (Lipinski definition) is 8. The van der Waals surface area contributed by atoms with E-state index < -0.39 is 20.0 Å². The van der Waals surface area contributed by atoms with Gasteiger partial charge in [-0.25, -0.2) is 31.3 Å². The number of aryl methyl sites for hydroxylation is 1. The first-order valence-corrected chi connectivity index (χ1v) is 13.7. The minimum atomic E-state index is -3.63. The summed E-state index contributed by atoms with van der Waals surface area (Å²) in [5.74, 6) is 0.860. The third-order valence-corrected chi connectivity index (χ3v) is 8.11. The summed E-state index contributed by atoms with van der Waals surface area (Å²) in [6.07, 6.45) is 2.54. The number of sulfonamides is 2. The van der Waals surface area contributed by atoms with Crippen molar-refractivity contribution >= 4 is 37.5 Å². The summed E-state index contributed by atoms with van der Waals surface area (Å²) in [5, 5.41) is 6.24. The number of anilines is 3. The van der Waals surface area contributed by atoms with Crippen molar-refractivity contribution in [2.75, 3.05) is 30.3 Å². The maximum absolute atomic E-state index is 12.6. The number of rotatable bonds is 5. The Morgan fingerprint density at radius 3 is 2.74 bits per heavy atom. The average molecular weight is 503 g/mol. The second-order valence-electron chi connectivity index (χ2n) is 7.86. The van der Waals surface area contributed by atoms with Gasteiger partial charge in [0.1, 0.15) is 5.82 Å². The van der Waals surface area contributed by atoms with E-state index in [0.29, 0.717) is 36.8 Å². The lowest BCUT2D eigenvalue weighted by Crippen LogP contribution is -2.27. The lowest BCUT2D eigenvalue weighted by molar-refractivity contribution is 0.578. The van der Waals surface area contributed by atoms with Gasteiger partial charge in [-0.2, -0.15) is 4.98 Å². The third kappa shape index (κ3) is 5.89. The zero-order valence-corrected chi connectivity index (χ0v) is 20.2. The van der Waals surface area contributed by atoms with Crippen molar-refractivity contribution in [3.8, 4) is 0 Å². The van der Waals surface area contributed by atoms with E-state index in [-0.39, 0.29) is 22.9 Å². The van der Waals surface area contributed by atoms with Gasteiger partial charge < -0.3 is 10.6 Å². The first kappa shape index (κ1) is 24.1. The summed E-state index contributed by atoms with van der Waals surface area (Å²) in [7, 11) is -7.25. The Morgan fingerprint density at radius 2 is 1.91 bits per heavy atom. The molecule has 0 aliphatic carbocycles. The summed E-state index contributed by atoms with van der Waals surface area (Å²) in [4.78, 5) is 9.24. The van der Waals surface area contributed by atoms with E-state index in [2.05, 4.69) is 30.0 Å². The summed E-state index contributed by atoms with van der Waals surface area (Å²) >= 11 is 0. The third-order valence-electron chi connectivity index (χ3n) is 5.19. The Labute approximate surface area is 199 Å². The minimum absolute atomic E-state index is 0.155. The number of nitrogens with one attached hydrogen (secondary N) is 4. The molecule has 10 nitrogen and oxygen atoms in total. The SMILES string of the molecule is Cc1cccc(S(=O)(=O)NCCc2cnc3nc2NCCCNS(=O)(=O)c2cccc(c2)N3)c1. The molecule has 12 heteroatoms. The highest BCUT2D eigenvalue weighted by molar-refractivity contribution is 7.89. The minimum Gasteiger partial charge on any atom is -0.370 e. The van der Waals surface area contributed by atoms with Gasteiger partial charge >= 0.3 is 0 Å². The van der Waals surface area contributed by atoms with Crippen LogP contribution < -0.4 is 20.1 Å². The van der Waals surface area contributed by atoms with Gasteiger partial charge in [-0.3, -0.25) is 0 Å². The number of nitrogens with zero attached hydrogens (tertiary/aromatic N) is 2. The highest BCUT2D eigenvalue weighted by Crippen LogP contribution is 2.21. The number of fused-ring (bicyclic) bond motifs is 4. The van der Waals surface area contributed by atoms with Crippen molar-refractivity contribution in [1.82, 2.24) is 19.4 Å². The normalized spacial score (nSPS) is 15.7. The van der Waals surface area contributed by atoms with Crippen LogP contribution in [0.5, 0.6) is 0 Å². The first-order chi connectivity index (χ1) is 16.2. The monoisotopic (exact) mass is 502 g/mol. The van der Waals surface area contributed by atoms with Crippen LogP contribution in [0, 0.1) is 6.92 Å². The molecule has 0 saturated heterocycles. The molecule has 0 saturated carbocycles. The fourth-order valence-corrected chi connectivity index (χ4v) is 5.70. The highest BCUT2D eigenvalue weighted by atomic mass is 32.2. The van der Waals surface area contributed by atoms with Gasteiger partial charge in [0.25, 0.3) is 0 Å². The van der Waals surface area contributed by atoms with Gasteiger partial charge in [0.15, 0.2) is 0 Å². The fourth-order valence-electron chi connectivity index (χ4n) is 3.44. The smallest absolute Gasteiger partial charge is 0.240 e. The molecule has 0 fully saturated rings. The Bertz CT molecular complexity index is 1390. The van der Waals surface area contributed by atoms with Crippen LogP contribution in [0.25, 0.3) is 0 Å². The van der Waals surface area contributed by atoms with Crippen molar-refractivity contribution in [1.29, 1.82) is 0 Å². The van der Waals surface area contributed by atoms with E-state index in [9.17, 15) is 16.8 Å². The van der Waals surface area contributed by atoms with Crippen LogP contribution in [0.3, 0.4) is 0 Å². The number of hydrogen-bond donors (Lipinski definition) is 4. The molecular weight excluding hydrogens is 476 g/mol. The largest absolute Gasteiger partial charge is 0.370 e. The lowest BCUT2D eigenvalue weighted by atomic mass is 10.2. The van der Waals surface area contributed by atoms with Gasteiger partial charge in [0.05, 0.1) is 9.79 Å². The fraction of sp³-hybridized carbons (Fsp3) is 0.273. The van der Waals surface area contributed by atoms with E-state index in [1.807, 2.05) is 13.0 Å². The van der Waals surface area contributed by atoms with Crippen LogP contribution in [0.2, 0.25) is 0 Å². The molecule has 1 aromatic heterocycles. The molecule has 2 aromatic carbocycles. The molecule has 1 aliphatic rings. The van der Waals surface area contributed by atoms with E-state index in [1.165, 1.54) is 12.1 Å². The maximum atomic E-state index is 12.6. The van der Waals surface area contributed by atoms with Gasteiger partial charge in [-0.15, -0.1) is 0 Å². The van der Waals surface area contributed by atoms with E-state index in [1.54, 1.807) is 36.5 Å². The van der Waals surface area contributed by atoms with Crippen LogP contribution in [0.1, 0.15) is 17.5 Å². The summed E-state index contributed by atoms with van der Waals surface area (Å²) in [5.41, 5.74) is 2.14. The molecule has 2 heterocycles.